The van der Waals surface area contributed by atoms with Gasteiger partial charge in [0.25, 0.3) is 0 Å². The molecule has 0 radical (unpaired) electrons. The first-order valence-electron chi connectivity index (χ1n) is 8.60. The molecule has 0 aliphatic heterocycles. The first-order valence-corrected chi connectivity index (χ1v) is 8.60. The Morgan fingerprint density at radius 3 is 2.60 bits per heavy atom. The summed E-state index contributed by atoms with van der Waals surface area (Å²) in [6.45, 7) is 4.00. The Hall–Kier alpha value is -2.69. The standard InChI is InChI=1S/C20H27N3O2/c1-3-13-25-18-10-9-17(14-19(18)24-2)15-23-20(21)22-12-11-16-7-5-4-6-8-16/h4-10,14H,3,11-13,15H2,1-2H3,(H3,21,22,23). The summed E-state index contributed by atoms with van der Waals surface area (Å²) in [5, 5.41) is 3.14. The molecule has 0 aromatic heterocycles. The summed E-state index contributed by atoms with van der Waals surface area (Å²) in [5.74, 6) is 1.92. The summed E-state index contributed by atoms with van der Waals surface area (Å²) in [6.07, 6.45) is 1.87. The van der Waals surface area contributed by atoms with Crippen molar-refractivity contribution in [3.8, 4) is 11.5 Å². The second-order valence-electron chi connectivity index (χ2n) is 5.70. The van der Waals surface area contributed by atoms with Gasteiger partial charge in [-0.2, -0.15) is 0 Å². The Labute approximate surface area is 149 Å². The van der Waals surface area contributed by atoms with Crippen LogP contribution in [0.5, 0.6) is 11.5 Å². The van der Waals surface area contributed by atoms with Gasteiger partial charge in [0.05, 0.1) is 20.3 Å². The van der Waals surface area contributed by atoms with Gasteiger partial charge in [-0.25, -0.2) is 4.99 Å². The highest BCUT2D eigenvalue weighted by atomic mass is 16.5. The van der Waals surface area contributed by atoms with E-state index in [1.54, 1.807) is 7.11 Å². The minimum atomic E-state index is 0.446. The highest BCUT2D eigenvalue weighted by Gasteiger charge is 2.05. The van der Waals surface area contributed by atoms with E-state index in [2.05, 4.69) is 29.4 Å². The fourth-order valence-electron chi connectivity index (χ4n) is 2.35. The smallest absolute Gasteiger partial charge is 0.188 e. The normalized spacial score (nSPS) is 11.2. The Morgan fingerprint density at radius 1 is 1.08 bits per heavy atom. The first-order chi connectivity index (χ1) is 12.2. The number of nitrogens with one attached hydrogen (secondary N) is 1. The van der Waals surface area contributed by atoms with Crippen molar-refractivity contribution in [3.05, 3.63) is 59.7 Å². The van der Waals surface area contributed by atoms with E-state index in [0.29, 0.717) is 19.1 Å². The number of hydrogen-bond donors (Lipinski definition) is 2. The molecule has 2 rings (SSSR count). The SMILES string of the molecule is CCCOc1ccc(CN=C(N)NCCc2ccccc2)cc1OC. The topological polar surface area (TPSA) is 68.9 Å². The highest BCUT2D eigenvalue weighted by Crippen LogP contribution is 2.28. The molecule has 5 nitrogen and oxygen atoms in total. The Balaban J connectivity index is 1.85. The van der Waals surface area contributed by atoms with Crippen molar-refractivity contribution in [2.75, 3.05) is 20.3 Å². The van der Waals surface area contributed by atoms with E-state index in [-0.39, 0.29) is 0 Å². The molecular weight excluding hydrogens is 314 g/mol. The maximum Gasteiger partial charge on any atom is 0.188 e. The maximum atomic E-state index is 5.93. The molecular formula is C20H27N3O2. The van der Waals surface area contributed by atoms with Crippen molar-refractivity contribution >= 4 is 5.96 Å². The zero-order chi connectivity index (χ0) is 17.9. The van der Waals surface area contributed by atoms with Gasteiger partial charge in [-0.15, -0.1) is 0 Å². The van der Waals surface area contributed by atoms with Gasteiger partial charge in [-0.3, -0.25) is 0 Å². The van der Waals surface area contributed by atoms with E-state index < -0.39 is 0 Å². The van der Waals surface area contributed by atoms with E-state index in [4.69, 9.17) is 15.2 Å². The molecule has 0 aliphatic rings. The first kappa shape index (κ1) is 18.6. The zero-order valence-corrected chi connectivity index (χ0v) is 15.0. The van der Waals surface area contributed by atoms with E-state index in [9.17, 15) is 0 Å². The number of rotatable bonds is 9. The second-order valence-corrected chi connectivity index (χ2v) is 5.70. The predicted molar refractivity (Wildman–Crippen MR) is 102 cm³/mol. The minimum absolute atomic E-state index is 0.446. The van der Waals surface area contributed by atoms with Crippen molar-refractivity contribution in [2.45, 2.75) is 26.3 Å². The maximum absolute atomic E-state index is 5.93. The number of aliphatic imine (C=N–C) groups is 1. The number of guanidine groups is 1. The lowest BCUT2D eigenvalue weighted by atomic mass is 10.1. The van der Waals surface area contributed by atoms with Crippen molar-refractivity contribution in [1.29, 1.82) is 0 Å². The lowest BCUT2D eigenvalue weighted by Gasteiger charge is -2.11. The van der Waals surface area contributed by atoms with Crippen molar-refractivity contribution in [2.24, 2.45) is 10.7 Å². The van der Waals surface area contributed by atoms with E-state index in [1.165, 1.54) is 5.56 Å². The summed E-state index contributed by atoms with van der Waals surface area (Å²) < 4.78 is 11.0. The van der Waals surface area contributed by atoms with Crippen LogP contribution in [0.4, 0.5) is 0 Å². The molecule has 2 aromatic rings. The van der Waals surface area contributed by atoms with Gasteiger partial charge in [0.15, 0.2) is 17.5 Å². The van der Waals surface area contributed by atoms with Crippen molar-refractivity contribution in [3.63, 3.8) is 0 Å². The third kappa shape index (κ3) is 6.37. The molecule has 0 heterocycles. The van der Waals surface area contributed by atoms with Gasteiger partial charge < -0.3 is 20.5 Å². The molecule has 0 unspecified atom stereocenters. The summed E-state index contributed by atoms with van der Waals surface area (Å²) >= 11 is 0. The molecule has 134 valence electrons. The molecule has 2 aromatic carbocycles. The Morgan fingerprint density at radius 2 is 1.88 bits per heavy atom. The molecule has 0 fully saturated rings. The van der Waals surface area contributed by atoms with Gasteiger partial charge in [-0.1, -0.05) is 43.3 Å². The summed E-state index contributed by atoms with van der Waals surface area (Å²) in [5.41, 5.74) is 8.23. The largest absolute Gasteiger partial charge is 0.493 e. The fourth-order valence-corrected chi connectivity index (χ4v) is 2.35. The summed E-state index contributed by atoms with van der Waals surface area (Å²) in [7, 11) is 1.64. The lowest BCUT2D eigenvalue weighted by Crippen LogP contribution is -2.33. The summed E-state index contributed by atoms with van der Waals surface area (Å²) in [6, 6.07) is 16.1. The number of methoxy groups -OCH3 is 1. The molecule has 0 bridgehead atoms. The minimum Gasteiger partial charge on any atom is -0.493 e. The van der Waals surface area contributed by atoms with Crippen molar-refractivity contribution in [1.82, 2.24) is 5.32 Å². The van der Waals surface area contributed by atoms with Crippen LogP contribution < -0.4 is 20.5 Å². The fraction of sp³-hybridized carbons (Fsp3) is 0.350. The van der Waals surface area contributed by atoms with Crippen LogP contribution in [0, 0.1) is 0 Å². The average molecular weight is 341 g/mol. The van der Waals surface area contributed by atoms with Crippen LogP contribution in [0.2, 0.25) is 0 Å². The van der Waals surface area contributed by atoms with Gasteiger partial charge in [-0.05, 0) is 36.1 Å². The number of nitrogens with zero attached hydrogens (tertiary/aromatic N) is 1. The van der Waals surface area contributed by atoms with Crippen molar-refractivity contribution < 1.29 is 9.47 Å². The molecule has 0 atom stereocenters. The second kappa shape index (κ2) is 10.2. The molecule has 25 heavy (non-hydrogen) atoms. The van der Waals surface area contributed by atoms with Crippen LogP contribution in [-0.4, -0.2) is 26.2 Å². The Kier molecular flexibility index (Phi) is 7.63. The predicted octanol–water partition coefficient (Wildman–Crippen LogP) is 3.13. The molecule has 0 aliphatic carbocycles. The lowest BCUT2D eigenvalue weighted by molar-refractivity contribution is 0.294. The molecule has 0 saturated carbocycles. The molecule has 3 N–H and O–H groups in total. The third-order valence-electron chi connectivity index (χ3n) is 3.68. The number of nitrogens with two attached hydrogens (primary N) is 1. The zero-order valence-electron chi connectivity index (χ0n) is 15.0. The Bertz CT molecular complexity index is 672. The molecule has 0 saturated heterocycles. The molecule has 0 amide bonds. The van der Waals surface area contributed by atoms with Crippen LogP contribution in [0.3, 0.4) is 0 Å². The van der Waals surface area contributed by atoms with Crippen LogP contribution in [0.15, 0.2) is 53.5 Å². The number of benzene rings is 2. The van der Waals surface area contributed by atoms with E-state index in [1.807, 2.05) is 36.4 Å². The van der Waals surface area contributed by atoms with Gasteiger partial charge in [0.1, 0.15) is 0 Å². The highest BCUT2D eigenvalue weighted by molar-refractivity contribution is 5.77. The third-order valence-corrected chi connectivity index (χ3v) is 3.68. The quantitative estimate of drug-likeness (QED) is 0.543. The van der Waals surface area contributed by atoms with Crippen LogP contribution >= 0.6 is 0 Å². The van der Waals surface area contributed by atoms with E-state index >= 15 is 0 Å². The molecule has 0 spiro atoms. The average Bonchev–Trinajstić information content (AvgIpc) is 2.65. The van der Waals surface area contributed by atoms with Gasteiger partial charge in [0, 0.05) is 6.54 Å². The van der Waals surface area contributed by atoms with Gasteiger partial charge in [0.2, 0.25) is 0 Å². The van der Waals surface area contributed by atoms with Gasteiger partial charge >= 0.3 is 0 Å². The summed E-state index contributed by atoms with van der Waals surface area (Å²) in [4.78, 5) is 4.38. The van der Waals surface area contributed by atoms with Crippen LogP contribution in [0.25, 0.3) is 0 Å². The molecule has 5 heteroatoms. The number of ether oxygens (including phenoxy) is 2. The van der Waals surface area contributed by atoms with E-state index in [0.717, 1.165) is 36.4 Å². The monoisotopic (exact) mass is 341 g/mol. The van der Waals surface area contributed by atoms with Crippen LogP contribution in [0.1, 0.15) is 24.5 Å². The number of hydrogen-bond acceptors (Lipinski definition) is 3. The van der Waals surface area contributed by atoms with Crippen LogP contribution in [-0.2, 0) is 13.0 Å².